The summed E-state index contributed by atoms with van der Waals surface area (Å²) in [6.45, 7) is 0.779. The van der Waals surface area contributed by atoms with Gasteiger partial charge in [-0.25, -0.2) is 9.37 Å². The van der Waals surface area contributed by atoms with Crippen LogP contribution in [0, 0.1) is 17.1 Å². The van der Waals surface area contributed by atoms with Gasteiger partial charge in [0.25, 0.3) is 0 Å². The van der Waals surface area contributed by atoms with Crippen LogP contribution in [0.3, 0.4) is 0 Å². The van der Waals surface area contributed by atoms with Gasteiger partial charge in [-0.1, -0.05) is 23.5 Å². The Bertz CT molecular complexity index is 1040. The van der Waals surface area contributed by atoms with Crippen molar-refractivity contribution < 1.29 is 9.18 Å². The number of aromatic nitrogens is 2. The highest BCUT2D eigenvalue weighted by Crippen LogP contribution is 2.33. The van der Waals surface area contributed by atoms with E-state index in [1.807, 2.05) is 11.0 Å². The van der Waals surface area contributed by atoms with Crippen LogP contribution < -0.4 is 4.90 Å². The van der Waals surface area contributed by atoms with Gasteiger partial charge in [0.2, 0.25) is 0 Å². The zero-order chi connectivity index (χ0) is 18.8. The number of Topliss-reactive ketones (excluding diaryl/α,β-unsaturated/α-hetero) is 1. The van der Waals surface area contributed by atoms with Gasteiger partial charge in [0, 0.05) is 19.2 Å². The van der Waals surface area contributed by atoms with Gasteiger partial charge in [-0.05, 0) is 43.0 Å². The number of carbonyl (C=O) groups excluding carboxylic acids is 1. The molecule has 5 nitrogen and oxygen atoms in total. The summed E-state index contributed by atoms with van der Waals surface area (Å²) in [7, 11) is 0. The molecule has 1 atom stereocenters. The van der Waals surface area contributed by atoms with Gasteiger partial charge < -0.3 is 4.90 Å². The highest BCUT2D eigenvalue weighted by atomic mass is 32.1. The molecule has 3 heterocycles. The van der Waals surface area contributed by atoms with E-state index in [0.717, 1.165) is 34.8 Å². The molecule has 27 heavy (non-hydrogen) atoms. The molecular weight excluding hydrogens is 363 g/mol. The van der Waals surface area contributed by atoms with Gasteiger partial charge >= 0.3 is 0 Å². The number of carbonyl (C=O) groups is 1. The predicted octanol–water partition coefficient (Wildman–Crippen LogP) is 3.87. The van der Waals surface area contributed by atoms with Crippen molar-refractivity contribution in [1.82, 2.24) is 9.97 Å². The zero-order valence-electron chi connectivity index (χ0n) is 14.6. The molecule has 1 aromatic carbocycles. The third-order valence-corrected chi connectivity index (χ3v) is 5.81. The minimum absolute atomic E-state index is 0.154. The molecule has 1 aliphatic heterocycles. The first-order valence-electron chi connectivity index (χ1n) is 8.84. The van der Waals surface area contributed by atoms with Crippen molar-refractivity contribution in [1.29, 1.82) is 5.26 Å². The molecule has 1 aliphatic rings. The fourth-order valence-electron chi connectivity index (χ4n) is 3.45. The zero-order valence-corrected chi connectivity index (χ0v) is 15.4. The third-order valence-electron chi connectivity index (χ3n) is 4.78. The van der Waals surface area contributed by atoms with Crippen LogP contribution in [0.1, 0.15) is 30.4 Å². The van der Waals surface area contributed by atoms with Crippen LogP contribution in [-0.2, 0) is 11.2 Å². The lowest BCUT2D eigenvalue weighted by Gasteiger charge is -2.22. The average molecular weight is 380 g/mol. The van der Waals surface area contributed by atoms with Crippen molar-refractivity contribution in [2.45, 2.75) is 31.7 Å². The smallest absolute Gasteiger partial charge is 0.188 e. The maximum Gasteiger partial charge on any atom is 0.188 e. The fourth-order valence-corrected chi connectivity index (χ4v) is 4.49. The summed E-state index contributed by atoms with van der Waals surface area (Å²) < 4.78 is 14.2. The Kier molecular flexibility index (Phi) is 4.82. The number of rotatable bonds is 5. The lowest BCUT2D eigenvalue weighted by Crippen LogP contribution is -2.36. The quantitative estimate of drug-likeness (QED) is 0.672. The Morgan fingerprint density at radius 3 is 3.11 bits per heavy atom. The van der Waals surface area contributed by atoms with Crippen LogP contribution in [0.25, 0.3) is 10.3 Å². The number of ketones is 1. The van der Waals surface area contributed by atoms with E-state index in [1.54, 1.807) is 12.1 Å². The Labute approximate surface area is 160 Å². The van der Waals surface area contributed by atoms with Crippen molar-refractivity contribution >= 4 is 32.6 Å². The molecule has 0 saturated carbocycles. The highest BCUT2D eigenvalue weighted by Gasteiger charge is 2.32. The summed E-state index contributed by atoms with van der Waals surface area (Å²) in [5, 5.41) is 9.79. The van der Waals surface area contributed by atoms with Gasteiger partial charge in [0.15, 0.2) is 16.6 Å². The van der Waals surface area contributed by atoms with Crippen LogP contribution in [0.4, 0.5) is 9.52 Å². The number of nitrogens with zero attached hydrogens (tertiary/aromatic N) is 4. The third kappa shape index (κ3) is 3.67. The van der Waals surface area contributed by atoms with Crippen LogP contribution in [0.15, 0.2) is 36.5 Å². The number of nitriles is 1. The van der Waals surface area contributed by atoms with Gasteiger partial charge in [-0.2, -0.15) is 10.2 Å². The summed E-state index contributed by atoms with van der Waals surface area (Å²) in [5.74, 6) is -0.122. The molecule has 4 rings (SSSR count). The molecular formula is C20H17FN4OS. The molecule has 136 valence electrons. The maximum atomic E-state index is 13.3. The largest absolute Gasteiger partial charge is 0.338 e. The second-order valence-corrected chi connectivity index (χ2v) is 7.61. The second-order valence-electron chi connectivity index (χ2n) is 6.60. The first-order valence-corrected chi connectivity index (χ1v) is 9.66. The summed E-state index contributed by atoms with van der Waals surface area (Å²) in [4.78, 5) is 23.6. The molecule has 0 bridgehead atoms. The minimum Gasteiger partial charge on any atom is -0.338 e. The molecule has 0 N–H and O–H groups in total. The molecule has 0 unspecified atom stereocenters. The summed E-state index contributed by atoms with van der Waals surface area (Å²) in [6, 6.07) is 10.1. The standard InChI is InChI=1S/C20H17FN4OS/c21-15-4-1-3-13(9-15)6-7-17(26)16-5-2-8-25(16)20-24-19-18(27-20)10-14(11-22)12-23-19/h1,3-4,9-10,12,16H,2,5-8H2/t16-/m1/s1. The topological polar surface area (TPSA) is 69.9 Å². The Morgan fingerprint density at radius 1 is 1.41 bits per heavy atom. The second kappa shape index (κ2) is 7.41. The number of fused-ring (bicyclic) bond motifs is 1. The van der Waals surface area contributed by atoms with Crippen LogP contribution in [0.2, 0.25) is 0 Å². The Morgan fingerprint density at radius 2 is 2.30 bits per heavy atom. The maximum absolute atomic E-state index is 13.3. The predicted molar refractivity (Wildman–Crippen MR) is 102 cm³/mol. The first-order chi connectivity index (χ1) is 13.1. The molecule has 0 amide bonds. The molecule has 1 fully saturated rings. The number of aryl methyl sites for hydroxylation is 1. The van der Waals surface area contributed by atoms with Crippen LogP contribution in [-0.4, -0.2) is 28.3 Å². The van der Waals surface area contributed by atoms with E-state index in [2.05, 4.69) is 16.0 Å². The van der Waals surface area contributed by atoms with Crippen molar-refractivity contribution in [3.8, 4) is 6.07 Å². The summed E-state index contributed by atoms with van der Waals surface area (Å²) in [5.41, 5.74) is 1.94. The minimum atomic E-state index is -0.277. The van der Waals surface area contributed by atoms with Gasteiger partial charge in [-0.15, -0.1) is 0 Å². The summed E-state index contributed by atoms with van der Waals surface area (Å²) >= 11 is 1.46. The van der Waals surface area contributed by atoms with E-state index in [-0.39, 0.29) is 17.6 Å². The van der Waals surface area contributed by atoms with Gasteiger partial charge in [0.1, 0.15) is 11.9 Å². The number of benzene rings is 1. The normalized spacial score (nSPS) is 16.6. The van der Waals surface area contributed by atoms with E-state index >= 15 is 0 Å². The molecule has 0 spiro atoms. The molecule has 3 aromatic rings. The van der Waals surface area contributed by atoms with E-state index in [1.165, 1.54) is 29.7 Å². The Balaban J connectivity index is 1.50. The number of hydrogen-bond acceptors (Lipinski definition) is 6. The fraction of sp³-hybridized carbons (Fsp3) is 0.300. The van der Waals surface area contributed by atoms with E-state index in [0.29, 0.717) is 24.1 Å². The Hall–Kier alpha value is -2.85. The van der Waals surface area contributed by atoms with Crippen LogP contribution in [0.5, 0.6) is 0 Å². The SMILES string of the molecule is N#Cc1cnc2nc(N3CCC[C@@H]3C(=O)CCc3cccc(F)c3)sc2c1. The number of pyridine rings is 1. The lowest BCUT2D eigenvalue weighted by atomic mass is 10.0. The lowest BCUT2D eigenvalue weighted by molar-refractivity contribution is -0.120. The van der Waals surface area contributed by atoms with Crippen molar-refractivity contribution in [3.05, 3.63) is 53.5 Å². The molecule has 1 saturated heterocycles. The van der Waals surface area contributed by atoms with Gasteiger partial charge in [-0.3, -0.25) is 4.79 Å². The number of anilines is 1. The molecule has 0 radical (unpaired) electrons. The van der Waals surface area contributed by atoms with Crippen molar-refractivity contribution in [2.75, 3.05) is 11.4 Å². The number of halogens is 1. The van der Waals surface area contributed by atoms with Crippen LogP contribution >= 0.6 is 11.3 Å². The van der Waals surface area contributed by atoms with Crippen molar-refractivity contribution in [3.63, 3.8) is 0 Å². The van der Waals surface area contributed by atoms with E-state index in [4.69, 9.17) is 5.26 Å². The van der Waals surface area contributed by atoms with E-state index < -0.39 is 0 Å². The molecule has 0 aliphatic carbocycles. The van der Waals surface area contributed by atoms with Crippen molar-refractivity contribution in [2.24, 2.45) is 0 Å². The number of hydrogen-bond donors (Lipinski definition) is 0. The monoisotopic (exact) mass is 380 g/mol. The molecule has 2 aromatic heterocycles. The number of thiazole rings is 1. The summed E-state index contributed by atoms with van der Waals surface area (Å²) in [6.07, 6.45) is 4.16. The first kappa shape index (κ1) is 17.6. The molecule has 7 heteroatoms. The van der Waals surface area contributed by atoms with E-state index in [9.17, 15) is 9.18 Å². The van der Waals surface area contributed by atoms with Gasteiger partial charge in [0.05, 0.1) is 16.3 Å². The highest BCUT2D eigenvalue weighted by molar-refractivity contribution is 7.22. The average Bonchev–Trinajstić information content (AvgIpc) is 3.32.